The highest BCUT2D eigenvalue weighted by atomic mass is 32.1. The molecule has 5 heteroatoms. The van der Waals surface area contributed by atoms with Gasteiger partial charge in [0, 0.05) is 25.1 Å². The molecule has 0 spiro atoms. The second-order valence-electron chi connectivity index (χ2n) is 3.13. The van der Waals surface area contributed by atoms with E-state index < -0.39 is 0 Å². The van der Waals surface area contributed by atoms with E-state index >= 15 is 0 Å². The summed E-state index contributed by atoms with van der Waals surface area (Å²) in [7, 11) is 1.98. The number of rotatable bonds is 1. The molecule has 1 aliphatic heterocycles. The highest BCUT2D eigenvalue weighted by molar-refractivity contribution is 7.14. The van der Waals surface area contributed by atoms with Gasteiger partial charge in [-0.25, -0.2) is 0 Å². The summed E-state index contributed by atoms with van der Waals surface area (Å²) < 4.78 is 7.21. The monoisotopic (exact) mass is 200 g/mol. The third-order valence-electron chi connectivity index (χ3n) is 2.21. The molecule has 0 saturated carbocycles. The Hall–Kier alpha value is -0.680. The van der Waals surface area contributed by atoms with Crippen molar-refractivity contribution in [3.05, 3.63) is 5.01 Å². The van der Waals surface area contributed by atoms with Gasteiger partial charge in [0.2, 0.25) is 0 Å². The average molecular weight is 200 g/mol. The van der Waals surface area contributed by atoms with Crippen molar-refractivity contribution in [2.45, 2.75) is 6.92 Å². The van der Waals surface area contributed by atoms with E-state index in [2.05, 4.69) is 16.9 Å². The van der Waals surface area contributed by atoms with E-state index in [1.807, 2.05) is 11.7 Å². The fourth-order valence-electron chi connectivity index (χ4n) is 1.30. The van der Waals surface area contributed by atoms with Crippen molar-refractivity contribution in [3.63, 3.8) is 0 Å². The van der Waals surface area contributed by atoms with Crippen LogP contribution in [0.5, 0.6) is 0 Å². The molecule has 0 N–H and O–H groups in total. The van der Waals surface area contributed by atoms with Crippen LogP contribution < -0.4 is 9.58 Å². The molecule has 0 unspecified atom stereocenters. The number of aryl methyl sites for hydroxylation is 2. The van der Waals surface area contributed by atoms with E-state index in [-0.39, 0.29) is 0 Å². The van der Waals surface area contributed by atoms with Crippen molar-refractivity contribution in [1.82, 2.24) is 5.10 Å². The molecule has 1 aromatic heterocycles. The minimum Gasteiger partial charge on any atom is -0.378 e. The summed E-state index contributed by atoms with van der Waals surface area (Å²) in [4.78, 5) is 2.28. The van der Waals surface area contributed by atoms with Crippen LogP contribution in [0.2, 0.25) is 0 Å². The summed E-state index contributed by atoms with van der Waals surface area (Å²) in [5.74, 6) is 0. The highest BCUT2D eigenvalue weighted by Gasteiger charge is 2.19. The first-order valence-corrected chi connectivity index (χ1v) is 5.25. The lowest BCUT2D eigenvalue weighted by atomic mass is 10.5. The third-order valence-corrected chi connectivity index (χ3v) is 3.29. The van der Waals surface area contributed by atoms with E-state index in [4.69, 9.17) is 4.74 Å². The third kappa shape index (κ3) is 1.81. The van der Waals surface area contributed by atoms with Gasteiger partial charge in [0.15, 0.2) is 7.05 Å². The van der Waals surface area contributed by atoms with Crippen LogP contribution in [0.1, 0.15) is 5.01 Å². The maximum atomic E-state index is 5.29. The zero-order valence-electron chi connectivity index (χ0n) is 7.99. The molecule has 1 fully saturated rings. The molecule has 0 radical (unpaired) electrons. The van der Waals surface area contributed by atoms with Gasteiger partial charge in [0.25, 0.3) is 10.1 Å². The van der Waals surface area contributed by atoms with Gasteiger partial charge in [-0.3, -0.25) is 0 Å². The van der Waals surface area contributed by atoms with Crippen LogP contribution in [0.4, 0.5) is 5.13 Å². The van der Waals surface area contributed by atoms with Crippen LogP contribution >= 0.6 is 11.3 Å². The molecule has 1 aliphatic rings. The molecule has 1 saturated heterocycles. The van der Waals surface area contributed by atoms with Crippen molar-refractivity contribution < 1.29 is 9.42 Å². The summed E-state index contributed by atoms with van der Waals surface area (Å²) in [6.07, 6.45) is 0. The lowest BCUT2D eigenvalue weighted by Crippen LogP contribution is -2.38. The predicted octanol–water partition coefficient (Wildman–Crippen LogP) is 0.113. The quantitative estimate of drug-likeness (QED) is 0.603. The van der Waals surface area contributed by atoms with Crippen LogP contribution in [-0.4, -0.2) is 31.4 Å². The van der Waals surface area contributed by atoms with Crippen LogP contribution in [0.25, 0.3) is 0 Å². The standard InChI is InChI=1S/C8H14N3OS/c1-7-10(2)9-8(13-7)11-3-5-12-6-4-11/h3-6H2,1-2H3/q+1. The molecule has 0 aliphatic carbocycles. The molecule has 13 heavy (non-hydrogen) atoms. The number of ether oxygens (including phenoxy) is 1. The first kappa shape index (κ1) is 8.90. The molecule has 1 aromatic rings. The van der Waals surface area contributed by atoms with Crippen molar-refractivity contribution in [2.24, 2.45) is 7.05 Å². The number of hydrogen-bond acceptors (Lipinski definition) is 4. The first-order chi connectivity index (χ1) is 6.27. The Morgan fingerprint density at radius 1 is 1.46 bits per heavy atom. The van der Waals surface area contributed by atoms with Gasteiger partial charge in [-0.2, -0.15) is 0 Å². The van der Waals surface area contributed by atoms with Crippen LogP contribution in [0.15, 0.2) is 0 Å². The van der Waals surface area contributed by atoms with Crippen LogP contribution in [0, 0.1) is 6.92 Å². The lowest BCUT2D eigenvalue weighted by Gasteiger charge is -2.24. The van der Waals surface area contributed by atoms with Gasteiger partial charge >= 0.3 is 0 Å². The van der Waals surface area contributed by atoms with Gasteiger partial charge < -0.3 is 9.64 Å². The molecule has 2 heterocycles. The second kappa shape index (κ2) is 3.59. The number of anilines is 1. The summed E-state index contributed by atoms with van der Waals surface area (Å²) in [5.41, 5.74) is 0. The molecule has 0 bridgehead atoms. The molecule has 2 rings (SSSR count). The Kier molecular flexibility index (Phi) is 2.46. The smallest absolute Gasteiger partial charge is 0.263 e. The van der Waals surface area contributed by atoms with E-state index in [9.17, 15) is 0 Å². The van der Waals surface area contributed by atoms with Gasteiger partial charge in [-0.15, -0.1) is 0 Å². The molecule has 72 valence electrons. The number of hydrogen-bond donors (Lipinski definition) is 0. The highest BCUT2D eigenvalue weighted by Crippen LogP contribution is 2.18. The van der Waals surface area contributed by atoms with Crippen molar-refractivity contribution in [2.75, 3.05) is 31.2 Å². The summed E-state index contributed by atoms with van der Waals surface area (Å²) >= 11 is 1.74. The van der Waals surface area contributed by atoms with Gasteiger partial charge in [0.05, 0.1) is 13.2 Å². The van der Waals surface area contributed by atoms with Crippen molar-refractivity contribution in [1.29, 1.82) is 0 Å². The first-order valence-electron chi connectivity index (χ1n) is 4.44. The molecular formula is C8H14N3OS+. The van der Waals surface area contributed by atoms with Gasteiger partial charge in [-0.05, 0) is 11.3 Å². The normalized spacial score (nSPS) is 17.8. The molecule has 0 aromatic carbocycles. The second-order valence-corrected chi connectivity index (χ2v) is 4.29. The van der Waals surface area contributed by atoms with E-state index in [0.29, 0.717) is 0 Å². The SMILES string of the molecule is Cc1sc(N2CCOCC2)n[n+]1C. The fourth-order valence-corrected chi connectivity index (χ4v) is 2.21. The molecular weight excluding hydrogens is 186 g/mol. The van der Waals surface area contributed by atoms with Crippen molar-refractivity contribution in [3.8, 4) is 0 Å². The Morgan fingerprint density at radius 2 is 2.15 bits per heavy atom. The zero-order chi connectivity index (χ0) is 9.26. The van der Waals surface area contributed by atoms with E-state index in [1.54, 1.807) is 11.3 Å². The zero-order valence-corrected chi connectivity index (χ0v) is 8.80. The van der Waals surface area contributed by atoms with Gasteiger partial charge in [0.1, 0.15) is 0 Å². The number of morpholine rings is 1. The largest absolute Gasteiger partial charge is 0.378 e. The molecule has 4 nitrogen and oxygen atoms in total. The van der Waals surface area contributed by atoms with E-state index in [1.165, 1.54) is 5.01 Å². The Morgan fingerprint density at radius 3 is 2.69 bits per heavy atom. The van der Waals surface area contributed by atoms with Crippen molar-refractivity contribution >= 4 is 16.5 Å². The minimum absolute atomic E-state index is 0.822. The number of aromatic nitrogens is 2. The molecule has 0 atom stereocenters. The Balaban J connectivity index is 2.14. The average Bonchev–Trinajstić information content (AvgIpc) is 2.49. The predicted molar refractivity (Wildman–Crippen MR) is 51.1 cm³/mol. The van der Waals surface area contributed by atoms with Crippen LogP contribution in [-0.2, 0) is 11.8 Å². The van der Waals surface area contributed by atoms with Gasteiger partial charge in [-0.1, -0.05) is 4.68 Å². The Bertz CT molecular complexity index is 274. The fraction of sp³-hybridized carbons (Fsp3) is 0.750. The summed E-state index contributed by atoms with van der Waals surface area (Å²) in [6.45, 7) is 5.66. The number of nitrogens with zero attached hydrogens (tertiary/aromatic N) is 3. The van der Waals surface area contributed by atoms with Crippen LogP contribution in [0.3, 0.4) is 0 Å². The maximum Gasteiger partial charge on any atom is 0.263 e. The Labute approximate surface area is 81.7 Å². The topological polar surface area (TPSA) is 29.2 Å². The maximum absolute atomic E-state index is 5.29. The van der Waals surface area contributed by atoms with E-state index in [0.717, 1.165) is 31.4 Å². The lowest BCUT2D eigenvalue weighted by molar-refractivity contribution is -0.729. The summed E-state index contributed by atoms with van der Waals surface area (Å²) in [6, 6.07) is 0. The minimum atomic E-state index is 0.822. The molecule has 0 amide bonds. The summed E-state index contributed by atoms with van der Waals surface area (Å²) in [5, 5.41) is 6.79.